The Morgan fingerprint density at radius 1 is 1.03 bits per heavy atom. The molecule has 2 atom stereocenters. The Kier molecular flexibility index (Phi) is 7.03. The van der Waals surface area contributed by atoms with E-state index in [-0.39, 0.29) is 48.5 Å². The van der Waals surface area contributed by atoms with Crippen LogP contribution in [0.2, 0.25) is 0 Å². The molecule has 33 heavy (non-hydrogen) atoms. The lowest BCUT2D eigenvalue weighted by Gasteiger charge is -2.35. The molecule has 2 heterocycles. The van der Waals surface area contributed by atoms with Gasteiger partial charge in [0.2, 0.25) is 17.7 Å². The quantitative estimate of drug-likeness (QED) is 0.731. The molecule has 0 bridgehead atoms. The largest absolute Gasteiger partial charge is 0.340 e. The molecule has 0 aromatic heterocycles. The van der Waals surface area contributed by atoms with Gasteiger partial charge in [0.05, 0.1) is 18.5 Å². The Labute approximate surface area is 193 Å². The van der Waals surface area contributed by atoms with Crippen molar-refractivity contribution in [3.05, 3.63) is 66.0 Å². The van der Waals surface area contributed by atoms with Crippen LogP contribution in [0.4, 0.5) is 10.1 Å². The number of carbonyl (C=O) groups is 3. The van der Waals surface area contributed by atoms with Crippen molar-refractivity contribution in [1.82, 2.24) is 14.7 Å². The molecule has 7 nitrogen and oxygen atoms in total. The van der Waals surface area contributed by atoms with Crippen LogP contribution in [0.3, 0.4) is 0 Å². The maximum absolute atomic E-state index is 13.1. The highest BCUT2D eigenvalue weighted by Crippen LogP contribution is 2.29. The molecule has 2 fully saturated rings. The highest BCUT2D eigenvalue weighted by molar-refractivity contribution is 5.92. The van der Waals surface area contributed by atoms with E-state index in [4.69, 9.17) is 0 Å². The van der Waals surface area contributed by atoms with Crippen LogP contribution in [0.25, 0.3) is 0 Å². The zero-order valence-electron chi connectivity index (χ0n) is 18.7. The number of hydrogen-bond acceptors (Lipinski definition) is 4. The normalized spacial score (nSPS) is 20.1. The van der Waals surface area contributed by atoms with Gasteiger partial charge in [-0.1, -0.05) is 30.3 Å². The molecular weight excluding hydrogens is 423 g/mol. The van der Waals surface area contributed by atoms with Gasteiger partial charge in [0.1, 0.15) is 5.82 Å². The summed E-state index contributed by atoms with van der Waals surface area (Å²) in [5, 5.41) is 2.76. The zero-order valence-corrected chi connectivity index (χ0v) is 18.7. The number of amides is 3. The molecule has 0 unspecified atom stereocenters. The Morgan fingerprint density at radius 2 is 1.70 bits per heavy atom. The number of nitrogens with zero attached hydrogens (tertiary/aromatic N) is 3. The molecule has 0 radical (unpaired) electrons. The van der Waals surface area contributed by atoms with Crippen molar-refractivity contribution in [2.24, 2.45) is 5.92 Å². The lowest BCUT2D eigenvalue weighted by atomic mass is 10.1. The maximum Gasteiger partial charge on any atom is 0.238 e. The number of anilines is 1. The maximum atomic E-state index is 13.1. The van der Waals surface area contributed by atoms with Crippen LogP contribution in [-0.2, 0) is 14.4 Å². The fraction of sp³-hybridized carbons (Fsp3) is 0.400. The monoisotopic (exact) mass is 452 g/mol. The van der Waals surface area contributed by atoms with E-state index in [1.165, 1.54) is 24.3 Å². The minimum Gasteiger partial charge on any atom is -0.340 e. The van der Waals surface area contributed by atoms with Crippen LogP contribution in [0.1, 0.15) is 24.9 Å². The van der Waals surface area contributed by atoms with Crippen LogP contribution in [0.5, 0.6) is 0 Å². The van der Waals surface area contributed by atoms with Crippen molar-refractivity contribution in [1.29, 1.82) is 0 Å². The molecule has 2 aromatic carbocycles. The van der Waals surface area contributed by atoms with Gasteiger partial charge in [-0.25, -0.2) is 4.39 Å². The standard InChI is InChI=1S/C25H29FN4O3/c1-18(19-5-3-2-4-6-19)30-16-20(15-24(30)32)25(33)29-13-11-28(12-14-29)17-23(31)27-22-9-7-21(26)8-10-22/h2-10,18,20H,11-17H2,1H3,(H,27,31)/t18-,20+/m1/s1. The minimum absolute atomic E-state index is 0.0146. The van der Waals surface area contributed by atoms with E-state index >= 15 is 0 Å². The van der Waals surface area contributed by atoms with E-state index in [0.29, 0.717) is 38.4 Å². The molecule has 4 rings (SSSR count). The molecule has 2 aromatic rings. The average Bonchev–Trinajstić information content (AvgIpc) is 3.22. The summed E-state index contributed by atoms with van der Waals surface area (Å²) in [6.07, 6.45) is 0.246. The van der Waals surface area contributed by atoms with Crippen molar-refractivity contribution in [2.75, 3.05) is 44.6 Å². The van der Waals surface area contributed by atoms with Crippen molar-refractivity contribution in [3.63, 3.8) is 0 Å². The fourth-order valence-electron chi connectivity index (χ4n) is 4.50. The molecule has 0 spiro atoms. The van der Waals surface area contributed by atoms with E-state index < -0.39 is 0 Å². The van der Waals surface area contributed by atoms with Gasteiger partial charge in [0, 0.05) is 44.8 Å². The number of benzene rings is 2. The Morgan fingerprint density at radius 3 is 2.36 bits per heavy atom. The topological polar surface area (TPSA) is 73.0 Å². The summed E-state index contributed by atoms with van der Waals surface area (Å²) in [6, 6.07) is 15.4. The third-order valence-corrected chi connectivity index (χ3v) is 6.44. The molecule has 0 saturated carbocycles. The van der Waals surface area contributed by atoms with Gasteiger partial charge in [-0.3, -0.25) is 19.3 Å². The van der Waals surface area contributed by atoms with Crippen LogP contribution >= 0.6 is 0 Å². The van der Waals surface area contributed by atoms with E-state index in [9.17, 15) is 18.8 Å². The van der Waals surface area contributed by atoms with Crippen molar-refractivity contribution >= 4 is 23.4 Å². The highest BCUT2D eigenvalue weighted by Gasteiger charge is 2.39. The summed E-state index contributed by atoms with van der Waals surface area (Å²) < 4.78 is 13.0. The molecule has 8 heteroatoms. The summed E-state index contributed by atoms with van der Waals surface area (Å²) in [6.45, 7) is 4.89. The molecule has 0 aliphatic carbocycles. The number of piperazine rings is 1. The summed E-state index contributed by atoms with van der Waals surface area (Å²) in [4.78, 5) is 43.6. The van der Waals surface area contributed by atoms with Gasteiger partial charge in [-0.2, -0.15) is 0 Å². The third-order valence-electron chi connectivity index (χ3n) is 6.44. The number of rotatable bonds is 6. The van der Waals surface area contributed by atoms with Crippen molar-refractivity contribution in [3.8, 4) is 0 Å². The Hall–Kier alpha value is -3.26. The van der Waals surface area contributed by atoms with E-state index in [0.717, 1.165) is 5.56 Å². The average molecular weight is 453 g/mol. The van der Waals surface area contributed by atoms with Gasteiger partial charge >= 0.3 is 0 Å². The van der Waals surface area contributed by atoms with Crippen molar-refractivity contribution < 1.29 is 18.8 Å². The SMILES string of the molecule is C[C@H](c1ccccc1)N1C[C@@H](C(=O)N2CCN(CC(=O)Nc3ccc(F)cc3)CC2)CC1=O. The summed E-state index contributed by atoms with van der Waals surface area (Å²) in [5.41, 5.74) is 1.61. The van der Waals surface area contributed by atoms with Gasteiger partial charge < -0.3 is 15.1 Å². The number of nitrogens with one attached hydrogen (secondary N) is 1. The van der Waals surface area contributed by atoms with E-state index in [1.807, 2.05) is 47.1 Å². The van der Waals surface area contributed by atoms with Gasteiger partial charge in [-0.05, 0) is 36.8 Å². The second-order valence-corrected chi connectivity index (χ2v) is 8.69. The molecule has 2 aliphatic rings. The lowest BCUT2D eigenvalue weighted by molar-refractivity contribution is -0.137. The number of hydrogen-bond donors (Lipinski definition) is 1. The molecule has 1 N–H and O–H groups in total. The molecule has 3 amide bonds. The second kappa shape index (κ2) is 10.1. The minimum atomic E-state index is -0.351. The molecule has 2 aliphatic heterocycles. The van der Waals surface area contributed by atoms with Crippen LogP contribution in [0, 0.1) is 11.7 Å². The first-order chi connectivity index (χ1) is 15.9. The first-order valence-corrected chi connectivity index (χ1v) is 11.3. The highest BCUT2D eigenvalue weighted by atomic mass is 19.1. The molecular formula is C25H29FN4O3. The molecule has 2 saturated heterocycles. The smallest absolute Gasteiger partial charge is 0.238 e. The van der Waals surface area contributed by atoms with Crippen LogP contribution in [-0.4, -0.2) is 71.7 Å². The van der Waals surface area contributed by atoms with Crippen molar-refractivity contribution in [2.45, 2.75) is 19.4 Å². The number of carbonyl (C=O) groups excluding carboxylic acids is 3. The predicted molar refractivity (Wildman–Crippen MR) is 123 cm³/mol. The summed E-state index contributed by atoms with van der Waals surface area (Å²) in [7, 11) is 0. The number of likely N-dealkylation sites (tertiary alicyclic amines) is 1. The van der Waals surface area contributed by atoms with Gasteiger partial charge in [0.15, 0.2) is 0 Å². The lowest BCUT2D eigenvalue weighted by Crippen LogP contribution is -2.52. The summed E-state index contributed by atoms with van der Waals surface area (Å²) in [5.74, 6) is -0.817. The van der Waals surface area contributed by atoms with Gasteiger partial charge in [0.25, 0.3) is 0 Å². The third kappa shape index (κ3) is 5.57. The number of halogens is 1. The first kappa shape index (κ1) is 22.9. The van der Waals surface area contributed by atoms with Crippen LogP contribution < -0.4 is 5.32 Å². The Bertz CT molecular complexity index is 990. The second-order valence-electron chi connectivity index (χ2n) is 8.69. The fourth-order valence-corrected chi connectivity index (χ4v) is 4.50. The van der Waals surface area contributed by atoms with E-state index in [2.05, 4.69) is 5.32 Å². The summed E-state index contributed by atoms with van der Waals surface area (Å²) >= 11 is 0. The zero-order chi connectivity index (χ0) is 23.4. The van der Waals surface area contributed by atoms with Gasteiger partial charge in [-0.15, -0.1) is 0 Å². The molecule has 174 valence electrons. The Balaban J connectivity index is 1.25. The van der Waals surface area contributed by atoms with E-state index in [1.54, 1.807) is 4.90 Å². The first-order valence-electron chi connectivity index (χ1n) is 11.3. The predicted octanol–water partition coefficient (Wildman–Crippen LogP) is 2.52. The van der Waals surface area contributed by atoms with Crippen LogP contribution in [0.15, 0.2) is 54.6 Å².